The molecule has 8 heavy (non-hydrogen) atoms. The summed E-state index contributed by atoms with van der Waals surface area (Å²) in [4.78, 5) is 9.70. The van der Waals surface area contributed by atoms with Gasteiger partial charge in [-0.1, -0.05) is 0 Å². The zero-order chi connectivity index (χ0) is 6.41. The van der Waals surface area contributed by atoms with E-state index in [9.17, 15) is 4.79 Å². The van der Waals surface area contributed by atoms with Gasteiger partial charge < -0.3 is 9.90 Å². The van der Waals surface area contributed by atoms with Gasteiger partial charge in [0, 0.05) is 6.42 Å². The summed E-state index contributed by atoms with van der Waals surface area (Å²) in [5.74, 6) is 0. The van der Waals surface area contributed by atoms with Gasteiger partial charge in [0.25, 0.3) is 0 Å². The molecule has 0 aliphatic heterocycles. The molecule has 1 unspecified atom stereocenters. The first-order chi connectivity index (χ1) is 3.77. The molecule has 2 nitrogen and oxygen atoms in total. The van der Waals surface area contributed by atoms with E-state index in [1.54, 1.807) is 6.92 Å². The van der Waals surface area contributed by atoms with Gasteiger partial charge in [0.1, 0.15) is 6.29 Å². The molecule has 0 aliphatic rings. The predicted molar refractivity (Wildman–Crippen MR) is 31.6 cm³/mol. The van der Waals surface area contributed by atoms with Crippen LogP contribution < -0.4 is 0 Å². The van der Waals surface area contributed by atoms with Crippen LogP contribution in [0.5, 0.6) is 0 Å². The third-order valence-electron chi connectivity index (χ3n) is 0.944. The summed E-state index contributed by atoms with van der Waals surface area (Å²) in [6.07, 6.45) is 2.74. The molecule has 2 heteroatoms. The van der Waals surface area contributed by atoms with Crippen molar-refractivity contribution in [3.05, 3.63) is 0 Å². The zero-order valence-electron chi connectivity index (χ0n) is 5.13. The summed E-state index contributed by atoms with van der Waals surface area (Å²) in [6, 6.07) is 0. The quantitative estimate of drug-likeness (QED) is 0.434. The van der Waals surface area contributed by atoms with E-state index in [1.165, 1.54) is 0 Å². The van der Waals surface area contributed by atoms with Gasteiger partial charge in [-0.2, -0.15) is 0 Å². The number of aliphatic hydroxyl groups is 1. The molecule has 0 saturated heterocycles. The van der Waals surface area contributed by atoms with E-state index in [0.29, 0.717) is 6.42 Å². The van der Waals surface area contributed by atoms with E-state index >= 15 is 0 Å². The molecule has 0 aromatic carbocycles. The van der Waals surface area contributed by atoms with Crippen molar-refractivity contribution in [1.29, 1.82) is 0 Å². The maximum absolute atomic E-state index is 9.70. The van der Waals surface area contributed by atoms with Crippen molar-refractivity contribution in [1.82, 2.24) is 0 Å². The highest BCUT2D eigenvalue weighted by Crippen LogP contribution is 1.96. The maximum Gasteiger partial charge on any atom is 0.119 e. The summed E-state index contributed by atoms with van der Waals surface area (Å²) in [6.45, 7) is 1.73. The van der Waals surface area contributed by atoms with Crippen molar-refractivity contribution in [2.45, 2.75) is 32.3 Å². The second-order valence-corrected chi connectivity index (χ2v) is 1.95. The average Bonchev–Trinajstić information content (AvgIpc) is 1.66. The number of hydrogen-bond acceptors (Lipinski definition) is 2. The van der Waals surface area contributed by atoms with E-state index < -0.39 is 0 Å². The Morgan fingerprint density at radius 3 is 2.75 bits per heavy atom. The molecule has 0 amide bonds. The Morgan fingerprint density at radius 1 is 1.75 bits per heavy atom. The predicted octanol–water partition coefficient (Wildman–Crippen LogP) is 0.736. The Kier molecular flexibility index (Phi) is 4.56. The number of aliphatic hydroxyl groups excluding tert-OH is 1. The van der Waals surface area contributed by atoms with Gasteiger partial charge in [-0.25, -0.2) is 0 Å². The zero-order valence-corrected chi connectivity index (χ0v) is 5.13. The molecule has 0 radical (unpaired) electrons. The Labute approximate surface area is 49.5 Å². The molecule has 0 bridgehead atoms. The fourth-order valence-electron chi connectivity index (χ4n) is 0.497. The average molecular weight is 116 g/mol. The molecular formula is C6H12O2. The van der Waals surface area contributed by atoms with Gasteiger partial charge in [0.05, 0.1) is 6.10 Å². The Morgan fingerprint density at radius 2 is 2.38 bits per heavy atom. The van der Waals surface area contributed by atoms with Crippen LogP contribution in [-0.4, -0.2) is 17.5 Å². The highest BCUT2D eigenvalue weighted by atomic mass is 16.3. The highest BCUT2D eigenvalue weighted by molar-refractivity contribution is 5.48. The SMILES string of the molecule is CC(O)CCCC=O. The standard InChI is InChI=1S/C6H12O2/c1-6(8)4-2-3-5-7/h5-6,8H,2-4H2,1H3. The largest absolute Gasteiger partial charge is 0.393 e. The lowest BCUT2D eigenvalue weighted by molar-refractivity contribution is -0.108. The number of aldehydes is 1. The molecule has 0 rings (SSSR count). The molecule has 1 N–H and O–H groups in total. The molecule has 0 fully saturated rings. The fourth-order valence-corrected chi connectivity index (χ4v) is 0.497. The molecular weight excluding hydrogens is 104 g/mol. The molecule has 0 heterocycles. The first kappa shape index (κ1) is 7.63. The molecule has 0 aliphatic carbocycles. The third-order valence-corrected chi connectivity index (χ3v) is 0.944. The van der Waals surface area contributed by atoms with Crippen molar-refractivity contribution in [3.8, 4) is 0 Å². The summed E-state index contributed by atoms with van der Waals surface area (Å²) in [5.41, 5.74) is 0. The van der Waals surface area contributed by atoms with Crippen molar-refractivity contribution < 1.29 is 9.90 Å². The van der Waals surface area contributed by atoms with Crippen molar-refractivity contribution >= 4 is 6.29 Å². The summed E-state index contributed by atoms with van der Waals surface area (Å²) >= 11 is 0. The molecule has 0 aromatic rings. The lowest BCUT2D eigenvalue weighted by Gasteiger charge is -1.98. The van der Waals surface area contributed by atoms with Crippen molar-refractivity contribution in [3.63, 3.8) is 0 Å². The van der Waals surface area contributed by atoms with Crippen LogP contribution in [0.3, 0.4) is 0 Å². The number of unbranched alkanes of at least 4 members (excludes halogenated alkanes) is 1. The first-order valence-electron chi connectivity index (χ1n) is 2.89. The number of carbonyl (C=O) groups excluding carboxylic acids is 1. The number of carbonyl (C=O) groups is 1. The summed E-state index contributed by atoms with van der Waals surface area (Å²) < 4.78 is 0. The van der Waals surface area contributed by atoms with Crippen LogP contribution in [0, 0.1) is 0 Å². The van der Waals surface area contributed by atoms with Crippen LogP contribution in [0.15, 0.2) is 0 Å². The normalized spacial score (nSPS) is 13.2. The monoisotopic (exact) mass is 116 g/mol. The molecule has 48 valence electrons. The smallest absolute Gasteiger partial charge is 0.119 e. The topological polar surface area (TPSA) is 37.3 Å². The summed E-state index contributed by atoms with van der Waals surface area (Å²) in [7, 11) is 0. The highest BCUT2D eigenvalue weighted by Gasteiger charge is 1.92. The minimum Gasteiger partial charge on any atom is -0.393 e. The second-order valence-electron chi connectivity index (χ2n) is 1.95. The summed E-state index contributed by atoms with van der Waals surface area (Å²) in [5, 5.41) is 8.66. The van der Waals surface area contributed by atoms with Gasteiger partial charge in [0.2, 0.25) is 0 Å². The van der Waals surface area contributed by atoms with Crippen LogP contribution >= 0.6 is 0 Å². The Balaban J connectivity index is 2.81. The van der Waals surface area contributed by atoms with Gasteiger partial charge in [-0.05, 0) is 19.8 Å². The van der Waals surface area contributed by atoms with Gasteiger partial charge in [0.15, 0.2) is 0 Å². The van der Waals surface area contributed by atoms with E-state index in [-0.39, 0.29) is 6.10 Å². The lowest BCUT2D eigenvalue weighted by atomic mass is 10.2. The van der Waals surface area contributed by atoms with E-state index in [4.69, 9.17) is 5.11 Å². The van der Waals surface area contributed by atoms with Crippen LogP contribution in [0.1, 0.15) is 26.2 Å². The molecule has 0 saturated carbocycles. The Bertz CT molecular complexity index is 59.5. The maximum atomic E-state index is 9.70. The van der Waals surface area contributed by atoms with Crippen molar-refractivity contribution in [2.75, 3.05) is 0 Å². The fraction of sp³-hybridized carbons (Fsp3) is 0.833. The van der Waals surface area contributed by atoms with E-state index in [0.717, 1.165) is 19.1 Å². The first-order valence-corrected chi connectivity index (χ1v) is 2.89. The second kappa shape index (κ2) is 4.78. The van der Waals surface area contributed by atoms with Gasteiger partial charge in [-0.3, -0.25) is 0 Å². The number of hydrogen-bond donors (Lipinski definition) is 1. The van der Waals surface area contributed by atoms with Crippen LogP contribution in [-0.2, 0) is 4.79 Å². The van der Waals surface area contributed by atoms with Crippen LogP contribution in [0.25, 0.3) is 0 Å². The van der Waals surface area contributed by atoms with Crippen LogP contribution in [0.4, 0.5) is 0 Å². The minimum absolute atomic E-state index is 0.255. The van der Waals surface area contributed by atoms with Gasteiger partial charge >= 0.3 is 0 Å². The minimum atomic E-state index is -0.255. The third kappa shape index (κ3) is 5.63. The molecule has 0 aromatic heterocycles. The van der Waals surface area contributed by atoms with Crippen molar-refractivity contribution in [2.24, 2.45) is 0 Å². The van der Waals surface area contributed by atoms with Crippen LogP contribution in [0.2, 0.25) is 0 Å². The van der Waals surface area contributed by atoms with E-state index in [1.807, 2.05) is 0 Å². The lowest BCUT2D eigenvalue weighted by Crippen LogP contribution is -1.98. The molecule has 1 atom stereocenters. The van der Waals surface area contributed by atoms with E-state index in [2.05, 4.69) is 0 Å². The Hall–Kier alpha value is -0.370. The molecule has 0 spiro atoms. The number of rotatable bonds is 4. The van der Waals surface area contributed by atoms with Gasteiger partial charge in [-0.15, -0.1) is 0 Å².